The maximum Gasteiger partial charge on any atom is 0.435 e. The molecule has 150 valence electrons. The van der Waals surface area contributed by atoms with E-state index in [1.54, 1.807) is 6.07 Å². The quantitative estimate of drug-likeness (QED) is 0.806. The monoisotopic (exact) mass is 395 g/mol. The van der Waals surface area contributed by atoms with E-state index in [-0.39, 0.29) is 11.3 Å². The third-order valence-corrected chi connectivity index (χ3v) is 5.13. The number of pyridine rings is 2. The Morgan fingerprint density at radius 2 is 1.71 bits per heavy atom. The first kappa shape index (κ1) is 18.8. The van der Waals surface area contributed by atoms with Crippen LogP contribution < -0.4 is 16.4 Å². The molecule has 1 spiro atoms. The zero-order valence-corrected chi connectivity index (χ0v) is 15.0. The molecule has 0 bridgehead atoms. The summed E-state index contributed by atoms with van der Waals surface area (Å²) in [6.45, 7) is 2.48. The van der Waals surface area contributed by atoms with E-state index in [0.717, 1.165) is 6.20 Å². The van der Waals surface area contributed by atoms with Gasteiger partial charge in [-0.1, -0.05) is 0 Å². The molecule has 7 nitrogen and oxygen atoms in total. The number of anilines is 3. The maximum absolute atomic E-state index is 13.1. The lowest BCUT2D eigenvalue weighted by Gasteiger charge is -2.38. The second-order valence-corrected chi connectivity index (χ2v) is 6.84. The van der Waals surface area contributed by atoms with Crippen LogP contribution in [-0.4, -0.2) is 42.1 Å². The van der Waals surface area contributed by atoms with Crippen LogP contribution >= 0.6 is 0 Å². The lowest BCUT2D eigenvalue weighted by molar-refractivity contribution is -0.169. The lowest BCUT2D eigenvalue weighted by atomic mass is 10.0. The molecule has 2 saturated heterocycles. The Hall–Kier alpha value is -2.59. The second-order valence-electron chi connectivity index (χ2n) is 6.84. The summed E-state index contributed by atoms with van der Waals surface area (Å²) in [6, 6.07) is 3.08. The first-order valence-electron chi connectivity index (χ1n) is 8.89. The van der Waals surface area contributed by atoms with Gasteiger partial charge in [-0.25, -0.2) is 9.97 Å². The van der Waals surface area contributed by atoms with Crippen molar-refractivity contribution in [3.63, 3.8) is 0 Å². The third kappa shape index (κ3) is 3.33. The Labute approximate surface area is 159 Å². The summed E-state index contributed by atoms with van der Waals surface area (Å²) < 4.78 is 50.9. The van der Waals surface area contributed by atoms with Crippen LogP contribution in [0.15, 0.2) is 24.5 Å². The molecule has 2 fully saturated rings. The van der Waals surface area contributed by atoms with Crippen LogP contribution in [0.5, 0.6) is 0 Å². The summed E-state index contributed by atoms with van der Waals surface area (Å²) in [6.07, 6.45) is -0.764. The molecule has 0 atom stereocenters. The molecule has 2 aromatic rings. The van der Waals surface area contributed by atoms with Crippen LogP contribution in [0.1, 0.15) is 18.5 Å². The molecule has 28 heavy (non-hydrogen) atoms. The average Bonchev–Trinajstić information content (AvgIpc) is 3.10. The zero-order valence-electron chi connectivity index (χ0n) is 15.0. The van der Waals surface area contributed by atoms with Crippen molar-refractivity contribution in [2.45, 2.75) is 24.8 Å². The van der Waals surface area contributed by atoms with Crippen molar-refractivity contribution in [3.05, 3.63) is 30.2 Å². The van der Waals surface area contributed by atoms with E-state index in [1.807, 2.05) is 4.90 Å². The Balaban J connectivity index is 1.64. The minimum absolute atomic E-state index is 0.180. The molecule has 0 amide bonds. The first-order chi connectivity index (χ1) is 13.3. The van der Waals surface area contributed by atoms with Crippen LogP contribution in [0, 0.1) is 0 Å². The van der Waals surface area contributed by atoms with Crippen molar-refractivity contribution in [2.24, 2.45) is 0 Å². The summed E-state index contributed by atoms with van der Waals surface area (Å²) in [4.78, 5) is 9.75. The van der Waals surface area contributed by atoms with E-state index in [0.29, 0.717) is 50.5 Å². The highest BCUT2D eigenvalue weighted by molar-refractivity contribution is 5.86. The van der Waals surface area contributed by atoms with E-state index < -0.39 is 23.3 Å². The Bertz CT molecular complexity index is 874. The summed E-state index contributed by atoms with van der Waals surface area (Å²) in [7, 11) is 0. The molecule has 10 heteroatoms. The normalized spacial score (nSPS) is 19.3. The highest BCUT2D eigenvalue weighted by Gasteiger charge is 2.40. The molecule has 4 heterocycles. The fourth-order valence-electron chi connectivity index (χ4n) is 3.66. The van der Waals surface area contributed by atoms with Gasteiger partial charge in [-0.05, 0) is 12.1 Å². The van der Waals surface area contributed by atoms with E-state index in [1.165, 1.54) is 12.3 Å². The lowest BCUT2D eigenvalue weighted by Crippen LogP contribution is -2.45. The minimum atomic E-state index is -4.65. The van der Waals surface area contributed by atoms with Gasteiger partial charge in [0.15, 0.2) is 11.5 Å². The number of hydrogen-bond acceptors (Lipinski definition) is 7. The van der Waals surface area contributed by atoms with Crippen molar-refractivity contribution < 1.29 is 22.6 Å². The van der Waals surface area contributed by atoms with E-state index in [4.69, 9.17) is 20.9 Å². The molecule has 0 aromatic carbocycles. The number of nitrogens with two attached hydrogens (primary N) is 2. The second kappa shape index (κ2) is 6.78. The SMILES string of the molecule is Nc1cnc(N2CCC3(CC2)OCCO3)cc1-c1ccnc(C(F)(F)F)c1N. The number of piperidine rings is 1. The number of hydrogen-bond donors (Lipinski definition) is 2. The van der Waals surface area contributed by atoms with Crippen LogP contribution in [0.4, 0.5) is 30.4 Å². The van der Waals surface area contributed by atoms with Gasteiger partial charge < -0.3 is 25.8 Å². The van der Waals surface area contributed by atoms with E-state index in [2.05, 4.69) is 9.97 Å². The predicted octanol–water partition coefficient (Wildman–Crippen LogP) is 2.67. The summed E-state index contributed by atoms with van der Waals surface area (Å²) in [5.41, 5.74) is 11.0. The van der Waals surface area contributed by atoms with Gasteiger partial charge in [0, 0.05) is 43.3 Å². The Kier molecular flexibility index (Phi) is 4.54. The molecule has 0 unspecified atom stereocenters. The van der Waals surface area contributed by atoms with Gasteiger partial charge in [-0.3, -0.25) is 0 Å². The van der Waals surface area contributed by atoms with Gasteiger partial charge in [0.2, 0.25) is 0 Å². The van der Waals surface area contributed by atoms with Crippen molar-refractivity contribution in [1.29, 1.82) is 0 Å². The van der Waals surface area contributed by atoms with Crippen LogP contribution in [0.25, 0.3) is 11.1 Å². The first-order valence-corrected chi connectivity index (χ1v) is 8.89. The molecule has 0 radical (unpaired) electrons. The Morgan fingerprint density at radius 1 is 1.04 bits per heavy atom. The molecule has 4 rings (SSSR count). The average molecular weight is 395 g/mol. The molecular weight excluding hydrogens is 375 g/mol. The summed E-state index contributed by atoms with van der Waals surface area (Å²) in [5.74, 6) is 0.0893. The van der Waals surface area contributed by atoms with Gasteiger partial charge in [-0.2, -0.15) is 13.2 Å². The number of nitrogens with zero attached hydrogens (tertiary/aromatic N) is 3. The van der Waals surface area contributed by atoms with E-state index in [9.17, 15) is 13.2 Å². The van der Waals surface area contributed by atoms with Crippen LogP contribution in [-0.2, 0) is 15.7 Å². The van der Waals surface area contributed by atoms with Gasteiger partial charge >= 0.3 is 6.18 Å². The van der Waals surface area contributed by atoms with Crippen molar-refractivity contribution in [2.75, 3.05) is 42.7 Å². The molecule has 2 aromatic heterocycles. The number of aromatic nitrogens is 2. The standard InChI is InChI=1S/C18H20F3N5O2/c19-18(20,21)16-15(23)11(1-4-24-16)12-9-14(25-10-13(12)22)26-5-2-17(3-6-26)27-7-8-28-17/h1,4,9-10H,2-3,5-8,22-23H2. The van der Waals surface area contributed by atoms with Gasteiger partial charge in [0.1, 0.15) is 5.82 Å². The van der Waals surface area contributed by atoms with E-state index >= 15 is 0 Å². The van der Waals surface area contributed by atoms with Crippen molar-refractivity contribution in [3.8, 4) is 11.1 Å². The number of alkyl halides is 3. The molecule has 2 aliphatic rings. The number of halogens is 3. The van der Waals surface area contributed by atoms with Gasteiger partial charge in [0.05, 0.1) is 30.8 Å². The van der Waals surface area contributed by atoms with Crippen LogP contribution in [0.3, 0.4) is 0 Å². The highest BCUT2D eigenvalue weighted by Crippen LogP contribution is 2.40. The van der Waals surface area contributed by atoms with Crippen LogP contribution in [0.2, 0.25) is 0 Å². The third-order valence-electron chi connectivity index (χ3n) is 5.13. The summed E-state index contributed by atoms with van der Waals surface area (Å²) in [5, 5.41) is 0. The Morgan fingerprint density at radius 3 is 2.36 bits per heavy atom. The topological polar surface area (TPSA) is 99.5 Å². The molecule has 4 N–H and O–H groups in total. The molecule has 2 aliphatic heterocycles. The predicted molar refractivity (Wildman–Crippen MR) is 97.4 cm³/mol. The number of ether oxygens (including phenoxy) is 2. The summed E-state index contributed by atoms with van der Waals surface area (Å²) >= 11 is 0. The number of nitrogen functional groups attached to an aromatic ring is 2. The largest absolute Gasteiger partial charge is 0.435 e. The fourth-order valence-corrected chi connectivity index (χ4v) is 3.66. The van der Waals surface area contributed by atoms with Crippen molar-refractivity contribution in [1.82, 2.24) is 9.97 Å². The fraction of sp³-hybridized carbons (Fsp3) is 0.444. The smallest absolute Gasteiger partial charge is 0.397 e. The highest BCUT2D eigenvalue weighted by atomic mass is 19.4. The molecule has 0 saturated carbocycles. The minimum Gasteiger partial charge on any atom is -0.397 e. The maximum atomic E-state index is 13.1. The van der Waals surface area contributed by atoms with Gasteiger partial charge in [-0.15, -0.1) is 0 Å². The van der Waals surface area contributed by atoms with Gasteiger partial charge in [0.25, 0.3) is 0 Å². The molecular formula is C18H20F3N5O2. The zero-order chi connectivity index (χ0) is 19.9. The molecule has 0 aliphatic carbocycles. The number of rotatable bonds is 2. The van der Waals surface area contributed by atoms with Crippen molar-refractivity contribution >= 4 is 17.2 Å².